The third kappa shape index (κ3) is 6.76. The summed E-state index contributed by atoms with van der Waals surface area (Å²) in [5, 5.41) is 12.0. The summed E-state index contributed by atoms with van der Waals surface area (Å²) in [7, 11) is 0. The number of furan rings is 1. The molecule has 1 amide bonds. The van der Waals surface area contributed by atoms with Crippen LogP contribution in [0.15, 0.2) is 75.3 Å². The number of carbonyl (C=O) groups excluding carboxylic acids is 1. The fraction of sp³-hybridized carbons (Fsp3) is 0.167. The van der Waals surface area contributed by atoms with Gasteiger partial charge >= 0.3 is 0 Å². The molecular weight excluding hydrogens is 460 g/mol. The lowest BCUT2D eigenvalue weighted by Gasteiger charge is -2.10. The molecule has 7 heteroatoms. The minimum absolute atomic E-state index is 0.00122. The van der Waals surface area contributed by atoms with E-state index in [1.165, 1.54) is 12.3 Å². The van der Waals surface area contributed by atoms with Crippen LogP contribution in [0.1, 0.15) is 16.9 Å². The molecule has 0 radical (unpaired) electrons. The van der Waals surface area contributed by atoms with Crippen LogP contribution in [0.25, 0.3) is 6.08 Å². The van der Waals surface area contributed by atoms with Crippen molar-refractivity contribution in [3.63, 3.8) is 0 Å². The van der Waals surface area contributed by atoms with Gasteiger partial charge in [-0.1, -0.05) is 18.2 Å². The highest BCUT2D eigenvalue weighted by molar-refractivity contribution is 9.10. The molecule has 158 valence electrons. The van der Waals surface area contributed by atoms with E-state index in [4.69, 9.17) is 13.9 Å². The van der Waals surface area contributed by atoms with E-state index >= 15 is 0 Å². The Morgan fingerprint density at radius 1 is 1.16 bits per heavy atom. The van der Waals surface area contributed by atoms with E-state index in [1.807, 2.05) is 37.3 Å². The van der Waals surface area contributed by atoms with Gasteiger partial charge in [0, 0.05) is 0 Å². The molecule has 0 aliphatic heterocycles. The first-order chi connectivity index (χ1) is 15.0. The first-order valence-electron chi connectivity index (χ1n) is 9.59. The maximum absolute atomic E-state index is 12.2. The van der Waals surface area contributed by atoms with Crippen LogP contribution >= 0.6 is 15.9 Å². The second-order valence-electron chi connectivity index (χ2n) is 6.64. The summed E-state index contributed by atoms with van der Waals surface area (Å²) >= 11 is 3.47. The van der Waals surface area contributed by atoms with Crippen molar-refractivity contribution >= 4 is 27.9 Å². The number of benzene rings is 2. The van der Waals surface area contributed by atoms with Gasteiger partial charge in [0.2, 0.25) is 0 Å². The minimum atomic E-state index is -0.469. The van der Waals surface area contributed by atoms with E-state index in [1.54, 1.807) is 30.3 Å². The van der Waals surface area contributed by atoms with Crippen LogP contribution in [0, 0.1) is 18.3 Å². The number of nitrogens with one attached hydrogen (secondary N) is 1. The van der Waals surface area contributed by atoms with Gasteiger partial charge in [-0.05, 0) is 76.5 Å². The zero-order valence-electron chi connectivity index (χ0n) is 16.9. The fourth-order valence-corrected chi connectivity index (χ4v) is 3.24. The van der Waals surface area contributed by atoms with Gasteiger partial charge in [-0.15, -0.1) is 0 Å². The summed E-state index contributed by atoms with van der Waals surface area (Å²) < 4.78 is 17.3. The number of halogens is 1. The van der Waals surface area contributed by atoms with Gasteiger partial charge in [0.05, 0.1) is 17.3 Å². The SMILES string of the molecule is Cc1cccc(OCCOc2ccc(C=C(C#N)C(=O)NCc3ccco3)cc2Br)c1. The number of nitrogens with zero attached hydrogens (tertiary/aromatic N) is 1. The Morgan fingerprint density at radius 2 is 2.00 bits per heavy atom. The Morgan fingerprint density at radius 3 is 2.71 bits per heavy atom. The van der Waals surface area contributed by atoms with Gasteiger partial charge in [-0.2, -0.15) is 5.26 Å². The molecule has 0 bridgehead atoms. The molecule has 0 aliphatic carbocycles. The quantitative estimate of drug-likeness (QED) is 0.263. The number of amides is 1. The number of ether oxygens (including phenoxy) is 2. The van der Waals surface area contributed by atoms with Crippen molar-refractivity contribution in [2.75, 3.05) is 13.2 Å². The third-order valence-electron chi connectivity index (χ3n) is 4.23. The van der Waals surface area contributed by atoms with Crippen LogP contribution in [0.5, 0.6) is 11.5 Å². The Balaban J connectivity index is 1.54. The normalized spacial score (nSPS) is 10.9. The van der Waals surface area contributed by atoms with Gasteiger partial charge in [0.1, 0.15) is 42.1 Å². The highest BCUT2D eigenvalue weighted by atomic mass is 79.9. The molecule has 1 heterocycles. The molecule has 0 atom stereocenters. The molecule has 6 nitrogen and oxygen atoms in total. The summed E-state index contributed by atoms with van der Waals surface area (Å²) in [6, 6.07) is 18.6. The summed E-state index contributed by atoms with van der Waals surface area (Å²) in [5.41, 5.74) is 1.83. The van der Waals surface area contributed by atoms with Gasteiger partial charge < -0.3 is 19.2 Å². The lowest BCUT2D eigenvalue weighted by atomic mass is 10.1. The minimum Gasteiger partial charge on any atom is -0.490 e. The van der Waals surface area contributed by atoms with Crippen LogP contribution in [0.2, 0.25) is 0 Å². The molecule has 0 saturated heterocycles. The highest BCUT2D eigenvalue weighted by Crippen LogP contribution is 2.27. The molecule has 2 aromatic carbocycles. The topological polar surface area (TPSA) is 84.5 Å². The summed E-state index contributed by atoms with van der Waals surface area (Å²) in [6.45, 7) is 3.01. The molecule has 0 aliphatic rings. The number of hydrogen-bond donors (Lipinski definition) is 1. The third-order valence-corrected chi connectivity index (χ3v) is 4.85. The summed E-state index contributed by atoms with van der Waals surface area (Å²) in [6.07, 6.45) is 3.05. The van der Waals surface area contributed by atoms with Crippen molar-refractivity contribution in [3.05, 3.63) is 87.8 Å². The maximum Gasteiger partial charge on any atom is 0.262 e. The highest BCUT2D eigenvalue weighted by Gasteiger charge is 2.10. The smallest absolute Gasteiger partial charge is 0.262 e. The second-order valence-corrected chi connectivity index (χ2v) is 7.49. The Labute approximate surface area is 189 Å². The number of hydrogen-bond acceptors (Lipinski definition) is 5. The Bertz CT molecular complexity index is 1100. The van der Waals surface area contributed by atoms with Crippen LogP contribution < -0.4 is 14.8 Å². The van der Waals surface area contributed by atoms with E-state index < -0.39 is 5.91 Å². The molecule has 0 unspecified atom stereocenters. The van der Waals surface area contributed by atoms with Gasteiger partial charge in [0.15, 0.2) is 0 Å². The Kier molecular flexibility index (Phi) is 7.91. The largest absolute Gasteiger partial charge is 0.490 e. The van der Waals surface area contributed by atoms with Crippen molar-refractivity contribution in [1.82, 2.24) is 5.32 Å². The lowest BCUT2D eigenvalue weighted by molar-refractivity contribution is -0.117. The van der Waals surface area contributed by atoms with Crippen LogP contribution in [0.3, 0.4) is 0 Å². The second kappa shape index (κ2) is 11.0. The molecule has 0 fully saturated rings. The average Bonchev–Trinajstić information content (AvgIpc) is 3.28. The van der Waals surface area contributed by atoms with E-state index in [0.717, 1.165) is 11.3 Å². The fourth-order valence-electron chi connectivity index (χ4n) is 2.73. The summed E-state index contributed by atoms with van der Waals surface area (Å²) in [4.78, 5) is 12.2. The zero-order chi connectivity index (χ0) is 22.1. The van der Waals surface area contributed by atoms with Crippen molar-refractivity contribution < 1.29 is 18.7 Å². The van der Waals surface area contributed by atoms with E-state index in [9.17, 15) is 10.1 Å². The molecule has 3 aromatic rings. The van der Waals surface area contributed by atoms with Crippen molar-refractivity contribution in [2.45, 2.75) is 13.5 Å². The van der Waals surface area contributed by atoms with E-state index in [0.29, 0.717) is 34.8 Å². The molecule has 0 spiro atoms. The molecular formula is C24H21BrN2O4. The number of carbonyl (C=O) groups is 1. The zero-order valence-corrected chi connectivity index (χ0v) is 18.5. The van der Waals surface area contributed by atoms with Crippen molar-refractivity contribution in [3.8, 4) is 17.6 Å². The van der Waals surface area contributed by atoms with Gasteiger partial charge in [-0.25, -0.2) is 0 Å². The van der Waals surface area contributed by atoms with Crippen molar-refractivity contribution in [1.29, 1.82) is 5.26 Å². The van der Waals surface area contributed by atoms with Crippen LogP contribution in [-0.4, -0.2) is 19.1 Å². The van der Waals surface area contributed by atoms with Crippen LogP contribution in [0.4, 0.5) is 0 Å². The summed E-state index contributed by atoms with van der Waals surface area (Å²) in [5.74, 6) is 1.59. The predicted octanol–water partition coefficient (Wildman–Crippen LogP) is 5.03. The molecule has 3 rings (SSSR count). The van der Waals surface area contributed by atoms with Crippen LogP contribution in [-0.2, 0) is 11.3 Å². The molecule has 1 aromatic heterocycles. The number of aryl methyl sites for hydroxylation is 1. The van der Waals surface area contributed by atoms with E-state index in [2.05, 4.69) is 21.2 Å². The number of rotatable bonds is 9. The first-order valence-corrected chi connectivity index (χ1v) is 10.4. The van der Waals surface area contributed by atoms with Gasteiger partial charge in [-0.3, -0.25) is 4.79 Å². The standard InChI is InChI=1S/C24H21BrN2O4/c1-17-4-2-5-20(12-17)30-10-11-31-23-8-7-18(14-22(23)25)13-19(15-26)24(28)27-16-21-6-3-9-29-21/h2-9,12-14H,10-11,16H2,1H3,(H,27,28). The maximum atomic E-state index is 12.2. The van der Waals surface area contributed by atoms with Crippen molar-refractivity contribution in [2.24, 2.45) is 0 Å². The molecule has 0 saturated carbocycles. The molecule has 1 N–H and O–H groups in total. The molecule has 31 heavy (non-hydrogen) atoms. The van der Waals surface area contributed by atoms with Gasteiger partial charge in [0.25, 0.3) is 5.91 Å². The average molecular weight is 481 g/mol. The lowest BCUT2D eigenvalue weighted by Crippen LogP contribution is -2.23. The predicted molar refractivity (Wildman–Crippen MR) is 120 cm³/mol. The number of nitriles is 1. The Hall–Kier alpha value is -3.50. The monoisotopic (exact) mass is 480 g/mol. The van der Waals surface area contributed by atoms with E-state index in [-0.39, 0.29) is 12.1 Å². The first kappa shape index (κ1) is 22.2.